The molecule has 1 amide bonds. The van der Waals surface area contributed by atoms with Crippen molar-refractivity contribution in [3.63, 3.8) is 0 Å². The van der Waals surface area contributed by atoms with E-state index < -0.39 is 6.10 Å². The third kappa shape index (κ3) is 4.05. The van der Waals surface area contributed by atoms with Crippen molar-refractivity contribution >= 4 is 5.91 Å². The number of benzene rings is 1. The highest BCUT2D eigenvalue weighted by Crippen LogP contribution is 2.22. The Hall–Kier alpha value is -2.10. The minimum Gasteiger partial charge on any atom is -0.481 e. The van der Waals surface area contributed by atoms with Gasteiger partial charge in [-0.05, 0) is 50.6 Å². The summed E-state index contributed by atoms with van der Waals surface area (Å²) >= 11 is 0. The maximum Gasteiger partial charge on any atom is 0.260 e. The van der Waals surface area contributed by atoms with Crippen LogP contribution in [0.1, 0.15) is 25.3 Å². The van der Waals surface area contributed by atoms with Crippen LogP contribution in [0.3, 0.4) is 0 Å². The van der Waals surface area contributed by atoms with Crippen LogP contribution in [0.15, 0.2) is 24.3 Å². The van der Waals surface area contributed by atoms with E-state index in [1.807, 2.05) is 0 Å². The number of morpholine rings is 1. The fourth-order valence-corrected chi connectivity index (χ4v) is 3.23. The molecule has 2 fully saturated rings. The van der Waals surface area contributed by atoms with Crippen LogP contribution < -0.4 is 10.1 Å². The minimum absolute atomic E-state index is 0.0467. The maximum atomic E-state index is 12.2. The van der Waals surface area contributed by atoms with E-state index >= 15 is 0 Å². The zero-order valence-corrected chi connectivity index (χ0v) is 13.9. The first-order chi connectivity index (χ1) is 11.7. The number of hydrogen-bond donors (Lipinski definition) is 1. The van der Waals surface area contributed by atoms with Crippen molar-refractivity contribution in [3.05, 3.63) is 29.8 Å². The molecule has 1 aromatic rings. The molecular weight excluding hydrogens is 306 g/mol. The molecule has 2 aliphatic rings. The van der Waals surface area contributed by atoms with Gasteiger partial charge in [-0.25, -0.2) is 0 Å². The maximum absolute atomic E-state index is 12.2. The Morgan fingerprint density at radius 1 is 1.50 bits per heavy atom. The molecule has 1 aromatic carbocycles. The fraction of sp³-hybridized carbons (Fsp3) is 0.556. The molecule has 0 saturated carbocycles. The second-order valence-corrected chi connectivity index (χ2v) is 6.39. The predicted octanol–water partition coefficient (Wildman–Crippen LogP) is 1.30. The molecule has 2 saturated heterocycles. The lowest BCUT2D eigenvalue weighted by atomic mass is 10.2. The minimum atomic E-state index is -0.596. The van der Waals surface area contributed by atoms with Gasteiger partial charge in [-0.1, -0.05) is 0 Å². The molecule has 1 N–H and O–H groups in total. The average Bonchev–Trinajstić information content (AvgIpc) is 3.08. The lowest BCUT2D eigenvalue weighted by molar-refractivity contribution is -0.128. The van der Waals surface area contributed by atoms with Gasteiger partial charge >= 0.3 is 0 Å². The molecule has 0 radical (unpaired) electrons. The van der Waals surface area contributed by atoms with Crippen LogP contribution in [0.2, 0.25) is 0 Å². The number of amides is 1. The van der Waals surface area contributed by atoms with E-state index in [0.29, 0.717) is 23.9 Å². The summed E-state index contributed by atoms with van der Waals surface area (Å²) in [5.74, 6) is 0.414. The summed E-state index contributed by atoms with van der Waals surface area (Å²) in [4.78, 5) is 14.6. The molecular formula is C18H23N3O3. The van der Waals surface area contributed by atoms with Crippen LogP contribution in [-0.4, -0.2) is 55.3 Å². The largest absolute Gasteiger partial charge is 0.481 e. The van der Waals surface area contributed by atoms with Gasteiger partial charge in [-0.2, -0.15) is 5.26 Å². The van der Waals surface area contributed by atoms with Crippen LogP contribution in [0.5, 0.6) is 5.75 Å². The highest BCUT2D eigenvalue weighted by Gasteiger charge is 2.32. The number of carbonyl (C=O) groups excluding carboxylic acids is 1. The van der Waals surface area contributed by atoms with Crippen molar-refractivity contribution in [3.8, 4) is 11.8 Å². The molecule has 0 aliphatic carbocycles. The first-order valence-electron chi connectivity index (χ1n) is 8.46. The number of rotatable bonds is 5. The molecule has 6 heteroatoms. The molecule has 3 rings (SSSR count). The third-order valence-corrected chi connectivity index (χ3v) is 4.63. The number of fused-ring (bicyclic) bond motifs is 1. The normalized spacial score (nSPS) is 24.7. The molecule has 3 unspecified atom stereocenters. The number of ether oxygens (including phenoxy) is 2. The summed E-state index contributed by atoms with van der Waals surface area (Å²) in [5.41, 5.74) is 0.564. The van der Waals surface area contributed by atoms with Crippen molar-refractivity contribution in [2.75, 3.05) is 26.2 Å². The lowest BCUT2D eigenvalue weighted by Crippen LogP contribution is -2.51. The third-order valence-electron chi connectivity index (χ3n) is 4.63. The molecule has 3 atom stereocenters. The average molecular weight is 329 g/mol. The molecule has 128 valence electrons. The van der Waals surface area contributed by atoms with Crippen molar-refractivity contribution in [2.24, 2.45) is 0 Å². The van der Waals surface area contributed by atoms with E-state index in [1.54, 1.807) is 31.2 Å². The predicted molar refractivity (Wildman–Crippen MR) is 88.6 cm³/mol. The first kappa shape index (κ1) is 16.7. The summed E-state index contributed by atoms with van der Waals surface area (Å²) in [6.07, 6.45) is 1.91. The SMILES string of the molecule is CC(Oc1ccc(C#N)cc1)C(=O)NCC1CN2CCCC2CO1. The molecule has 2 aliphatic heterocycles. The number of nitrogens with zero attached hydrogens (tertiary/aromatic N) is 2. The van der Waals surface area contributed by atoms with E-state index in [-0.39, 0.29) is 12.0 Å². The van der Waals surface area contributed by atoms with Gasteiger partial charge in [-0.15, -0.1) is 0 Å². The van der Waals surface area contributed by atoms with Crippen LogP contribution in [0, 0.1) is 11.3 Å². The van der Waals surface area contributed by atoms with E-state index in [0.717, 1.165) is 19.7 Å². The van der Waals surface area contributed by atoms with Crippen LogP contribution in [0.4, 0.5) is 0 Å². The highest BCUT2D eigenvalue weighted by atomic mass is 16.5. The molecule has 6 nitrogen and oxygen atoms in total. The number of hydrogen-bond acceptors (Lipinski definition) is 5. The zero-order valence-electron chi connectivity index (χ0n) is 13.9. The molecule has 0 spiro atoms. The number of nitrogens with one attached hydrogen (secondary N) is 1. The van der Waals surface area contributed by atoms with E-state index in [4.69, 9.17) is 14.7 Å². The first-order valence-corrected chi connectivity index (χ1v) is 8.46. The topological polar surface area (TPSA) is 74.6 Å². The quantitative estimate of drug-likeness (QED) is 0.881. The van der Waals surface area contributed by atoms with Crippen LogP contribution in [0.25, 0.3) is 0 Å². The van der Waals surface area contributed by atoms with Gasteiger partial charge in [0.15, 0.2) is 6.10 Å². The van der Waals surface area contributed by atoms with Crippen molar-refractivity contribution in [2.45, 2.75) is 38.0 Å². The van der Waals surface area contributed by atoms with Crippen molar-refractivity contribution in [1.82, 2.24) is 10.2 Å². The fourth-order valence-electron chi connectivity index (χ4n) is 3.23. The van der Waals surface area contributed by atoms with Gasteiger partial charge in [0.2, 0.25) is 0 Å². The van der Waals surface area contributed by atoms with E-state index in [1.165, 1.54) is 12.8 Å². The molecule has 0 bridgehead atoms. The summed E-state index contributed by atoms with van der Waals surface area (Å²) in [7, 11) is 0. The Balaban J connectivity index is 1.43. The van der Waals surface area contributed by atoms with Crippen LogP contribution in [-0.2, 0) is 9.53 Å². The standard InChI is InChI=1S/C18H23N3O3/c1-13(24-16-6-4-14(9-19)5-7-16)18(22)20-10-17-11-21-8-2-3-15(21)12-23-17/h4-7,13,15,17H,2-3,8,10-12H2,1H3,(H,20,22). The van der Waals surface area contributed by atoms with Crippen LogP contribution >= 0.6 is 0 Å². The number of nitriles is 1. The monoisotopic (exact) mass is 329 g/mol. The Kier molecular flexibility index (Phi) is 5.34. The summed E-state index contributed by atoms with van der Waals surface area (Å²) in [6.45, 7) is 5.00. The second kappa shape index (κ2) is 7.65. The number of carbonyl (C=O) groups is 1. The smallest absolute Gasteiger partial charge is 0.260 e. The Bertz CT molecular complexity index is 611. The van der Waals surface area contributed by atoms with Gasteiger partial charge < -0.3 is 14.8 Å². The summed E-state index contributed by atoms with van der Waals surface area (Å²) in [5, 5.41) is 11.7. The summed E-state index contributed by atoms with van der Waals surface area (Å²) in [6, 6.07) is 9.34. The summed E-state index contributed by atoms with van der Waals surface area (Å²) < 4.78 is 11.5. The Morgan fingerprint density at radius 3 is 3.04 bits per heavy atom. The van der Waals surface area contributed by atoms with Gasteiger partial charge in [-0.3, -0.25) is 9.69 Å². The molecule has 2 heterocycles. The van der Waals surface area contributed by atoms with Crippen molar-refractivity contribution < 1.29 is 14.3 Å². The highest BCUT2D eigenvalue weighted by molar-refractivity contribution is 5.80. The van der Waals surface area contributed by atoms with Crippen molar-refractivity contribution in [1.29, 1.82) is 5.26 Å². The molecule has 24 heavy (non-hydrogen) atoms. The zero-order chi connectivity index (χ0) is 16.9. The van der Waals surface area contributed by atoms with Gasteiger partial charge in [0.1, 0.15) is 5.75 Å². The molecule has 0 aromatic heterocycles. The van der Waals surface area contributed by atoms with Gasteiger partial charge in [0.05, 0.1) is 24.3 Å². The second-order valence-electron chi connectivity index (χ2n) is 6.39. The lowest BCUT2D eigenvalue weighted by Gasteiger charge is -2.35. The Labute approximate surface area is 142 Å². The van der Waals surface area contributed by atoms with Gasteiger partial charge in [0, 0.05) is 19.1 Å². The van der Waals surface area contributed by atoms with E-state index in [2.05, 4.69) is 16.3 Å². The Morgan fingerprint density at radius 2 is 2.29 bits per heavy atom. The van der Waals surface area contributed by atoms with Gasteiger partial charge in [0.25, 0.3) is 5.91 Å². The van der Waals surface area contributed by atoms with E-state index in [9.17, 15) is 4.79 Å².